The van der Waals surface area contributed by atoms with Crippen molar-refractivity contribution in [1.29, 1.82) is 0 Å². The highest BCUT2D eigenvalue weighted by Gasteiger charge is 2.37. The smallest absolute Gasteiger partial charge is 0.315 e. The summed E-state index contributed by atoms with van der Waals surface area (Å²) in [6, 6.07) is 6.56. The summed E-state index contributed by atoms with van der Waals surface area (Å²) in [4.78, 5) is 12.1. The lowest BCUT2D eigenvalue weighted by Gasteiger charge is -2.31. The molecule has 1 aliphatic rings. The van der Waals surface area contributed by atoms with Crippen molar-refractivity contribution in [2.45, 2.75) is 46.3 Å². The van der Waals surface area contributed by atoms with E-state index in [1.165, 1.54) is 0 Å². The molecule has 0 radical (unpaired) electrons. The van der Waals surface area contributed by atoms with Crippen molar-refractivity contribution in [3.8, 4) is 5.75 Å². The van der Waals surface area contributed by atoms with Crippen LogP contribution in [0.1, 0.15) is 45.7 Å². The number of urea groups is 1. The van der Waals surface area contributed by atoms with E-state index in [9.17, 15) is 9.90 Å². The summed E-state index contributed by atoms with van der Waals surface area (Å²) in [5, 5.41) is 15.4. The van der Waals surface area contributed by atoms with Crippen LogP contribution in [0.5, 0.6) is 5.75 Å². The van der Waals surface area contributed by atoms with Gasteiger partial charge >= 0.3 is 6.03 Å². The number of ether oxygens (including phenoxy) is 1. The zero-order valence-corrected chi connectivity index (χ0v) is 14.4. The van der Waals surface area contributed by atoms with Gasteiger partial charge in [-0.2, -0.15) is 0 Å². The van der Waals surface area contributed by atoms with E-state index in [-0.39, 0.29) is 29.3 Å². The quantitative estimate of drug-likeness (QED) is 0.798. The fourth-order valence-electron chi connectivity index (χ4n) is 3.15. The van der Waals surface area contributed by atoms with E-state index < -0.39 is 0 Å². The van der Waals surface area contributed by atoms with Crippen molar-refractivity contribution >= 4 is 6.03 Å². The Morgan fingerprint density at radius 2 is 2.17 bits per heavy atom. The van der Waals surface area contributed by atoms with Gasteiger partial charge in [0.15, 0.2) is 0 Å². The number of nitrogens with one attached hydrogen (secondary N) is 2. The number of hydrogen-bond acceptors (Lipinski definition) is 3. The third-order valence-corrected chi connectivity index (χ3v) is 4.31. The normalized spacial score (nSPS) is 22.6. The molecule has 3 atom stereocenters. The molecule has 0 unspecified atom stereocenters. The van der Waals surface area contributed by atoms with Crippen LogP contribution < -0.4 is 10.6 Å². The zero-order valence-electron chi connectivity index (χ0n) is 14.4. The fourth-order valence-corrected chi connectivity index (χ4v) is 3.15. The van der Waals surface area contributed by atoms with Crippen LogP contribution in [0.3, 0.4) is 0 Å². The number of carbonyl (C=O) groups is 1. The molecule has 128 valence electrons. The summed E-state index contributed by atoms with van der Waals surface area (Å²) >= 11 is 0. The molecule has 1 saturated heterocycles. The minimum Gasteiger partial charge on any atom is -0.508 e. The van der Waals surface area contributed by atoms with Crippen molar-refractivity contribution in [2.24, 2.45) is 11.3 Å². The lowest BCUT2D eigenvalue weighted by atomic mass is 9.81. The molecule has 5 nitrogen and oxygen atoms in total. The molecule has 0 aromatic heterocycles. The van der Waals surface area contributed by atoms with Gasteiger partial charge in [-0.15, -0.1) is 0 Å². The summed E-state index contributed by atoms with van der Waals surface area (Å²) in [5.41, 5.74) is 0.950. The first kappa shape index (κ1) is 17.6. The van der Waals surface area contributed by atoms with Gasteiger partial charge in [0.2, 0.25) is 0 Å². The van der Waals surface area contributed by atoms with E-state index in [0.717, 1.165) is 18.6 Å². The molecule has 1 aliphatic heterocycles. The van der Waals surface area contributed by atoms with E-state index in [1.807, 2.05) is 13.0 Å². The van der Waals surface area contributed by atoms with Crippen LogP contribution in [-0.2, 0) is 4.74 Å². The Kier molecular flexibility index (Phi) is 5.52. The Hall–Kier alpha value is -1.75. The molecule has 1 fully saturated rings. The highest BCUT2D eigenvalue weighted by Crippen LogP contribution is 2.34. The van der Waals surface area contributed by atoms with Crippen molar-refractivity contribution in [3.05, 3.63) is 29.8 Å². The average Bonchev–Trinajstić information content (AvgIpc) is 2.93. The van der Waals surface area contributed by atoms with E-state index >= 15 is 0 Å². The van der Waals surface area contributed by atoms with Crippen molar-refractivity contribution in [3.63, 3.8) is 0 Å². The molecule has 1 aromatic rings. The number of carbonyl (C=O) groups excluding carboxylic acids is 1. The predicted molar refractivity (Wildman–Crippen MR) is 90.4 cm³/mol. The maximum Gasteiger partial charge on any atom is 0.315 e. The maximum atomic E-state index is 12.1. The molecule has 0 bridgehead atoms. The topological polar surface area (TPSA) is 70.6 Å². The number of hydrogen-bond donors (Lipinski definition) is 3. The first-order valence-corrected chi connectivity index (χ1v) is 8.22. The Bertz CT molecular complexity index is 539. The SMILES string of the molecule is C[C@H](NC(=O)NC[C@H]1CCO[C@@H]1C(C)(C)C)c1cccc(O)c1. The van der Waals surface area contributed by atoms with Gasteiger partial charge in [-0.05, 0) is 36.5 Å². The van der Waals surface area contributed by atoms with E-state index in [2.05, 4.69) is 31.4 Å². The van der Waals surface area contributed by atoms with Gasteiger partial charge in [-0.25, -0.2) is 4.79 Å². The summed E-state index contributed by atoms with van der Waals surface area (Å²) in [5.74, 6) is 0.546. The molecule has 0 aliphatic carbocycles. The third kappa shape index (κ3) is 4.86. The van der Waals surface area contributed by atoms with Gasteiger partial charge in [0.1, 0.15) is 5.75 Å². The standard InChI is InChI=1S/C18H28N2O3/c1-12(13-6-5-7-15(21)10-13)20-17(22)19-11-14-8-9-23-16(14)18(2,3)4/h5-7,10,12,14,16,21H,8-9,11H2,1-4H3,(H2,19,20,22)/t12-,14+,16-/m0/s1. The largest absolute Gasteiger partial charge is 0.508 e. The van der Waals surface area contributed by atoms with E-state index in [1.54, 1.807) is 18.2 Å². The lowest BCUT2D eigenvalue weighted by molar-refractivity contribution is 0.00774. The van der Waals surface area contributed by atoms with Gasteiger partial charge in [0, 0.05) is 19.1 Å². The Balaban J connectivity index is 1.83. The third-order valence-electron chi connectivity index (χ3n) is 4.31. The summed E-state index contributed by atoms with van der Waals surface area (Å²) in [7, 11) is 0. The molecular formula is C18H28N2O3. The molecular weight excluding hydrogens is 292 g/mol. The first-order valence-electron chi connectivity index (χ1n) is 8.22. The van der Waals surface area contributed by atoms with Crippen LogP contribution in [0.15, 0.2) is 24.3 Å². The Labute approximate surface area is 138 Å². The average molecular weight is 320 g/mol. The minimum atomic E-state index is -0.194. The highest BCUT2D eigenvalue weighted by molar-refractivity contribution is 5.74. The number of aromatic hydroxyl groups is 1. The van der Waals surface area contributed by atoms with Crippen molar-refractivity contribution < 1.29 is 14.6 Å². The molecule has 2 amide bonds. The van der Waals surface area contributed by atoms with E-state index in [4.69, 9.17) is 4.74 Å². The summed E-state index contributed by atoms with van der Waals surface area (Å²) in [6.07, 6.45) is 1.15. The van der Waals surface area contributed by atoms with Crippen LogP contribution in [0.4, 0.5) is 4.79 Å². The monoisotopic (exact) mass is 320 g/mol. The Morgan fingerprint density at radius 3 is 2.83 bits per heavy atom. The summed E-state index contributed by atoms with van der Waals surface area (Å²) in [6.45, 7) is 9.77. The Morgan fingerprint density at radius 1 is 1.43 bits per heavy atom. The van der Waals surface area contributed by atoms with E-state index in [0.29, 0.717) is 12.5 Å². The van der Waals surface area contributed by atoms with Gasteiger partial charge in [0.25, 0.3) is 0 Å². The van der Waals surface area contributed by atoms with Gasteiger partial charge in [-0.3, -0.25) is 0 Å². The maximum absolute atomic E-state index is 12.1. The molecule has 23 heavy (non-hydrogen) atoms. The lowest BCUT2D eigenvalue weighted by Crippen LogP contribution is -2.43. The second-order valence-electron chi connectivity index (χ2n) is 7.38. The number of phenolic OH excluding ortho intramolecular Hbond substituents is 1. The summed E-state index contributed by atoms with van der Waals surface area (Å²) < 4.78 is 5.83. The van der Waals surface area contributed by atoms with Crippen LogP contribution in [0.25, 0.3) is 0 Å². The zero-order chi connectivity index (χ0) is 17.0. The second-order valence-corrected chi connectivity index (χ2v) is 7.38. The molecule has 1 aromatic carbocycles. The first-order chi connectivity index (χ1) is 10.8. The van der Waals surface area contributed by atoms with Crippen molar-refractivity contribution in [2.75, 3.05) is 13.2 Å². The number of phenols is 1. The molecule has 2 rings (SSSR count). The van der Waals surface area contributed by atoms with Gasteiger partial charge in [-0.1, -0.05) is 32.9 Å². The molecule has 5 heteroatoms. The van der Waals surface area contributed by atoms with Crippen molar-refractivity contribution in [1.82, 2.24) is 10.6 Å². The minimum absolute atomic E-state index is 0.0776. The van der Waals surface area contributed by atoms with Crippen LogP contribution >= 0.6 is 0 Å². The molecule has 3 N–H and O–H groups in total. The highest BCUT2D eigenvalue weighted by atomic mass is 16.5. The van der Waals surface area contributed by atoms with Crippen LogP contribution in [0, 0.1) is 11.3 Å². The molecule has 0 spiro atoms. The van der Waals surface area contributed by atoms with Crippen LogP contribution in [0.2, 0.25) is 0 Å². The molecule has 0 saturated carbocycles. The number of benzene rings is 1. The second kappa shape index (κ2) is 7.21. The van der Waals surface area contributed by atoms with Gasteiger partial charge in [0.05, 0.1) is 12.1 Å². The van der Waals surface area contributed by atoms with Crippen LogP contribution in [-0.4, -0.2) is 30.4 Å². The predicted octanol–water partition coefficient (Wildman–Crippen LogP) is 3.20. The fraction of sp³-hybridized carbons (Fsp3) is 0.611. The molecule has 1 heterocycles. The van der Waals surface area contributed by atoms with Gasteiger partial charge < -0.3 is 20.5 Å². The number of rotatable bonds is 4. The number of amides is 2.